The van der Waals surface area contributed by atoms with E-state index in [0.717, 1.165) is 54.9 Å². The van der Waals surface area contributed by atoms with Crippen molar-refractivity contribution < 1.29 is 9.47 Å². The molecular weight excluding hydrogens is 362 g/mol. The van der Waals surface area contributed by atoms with E-state index in [4.69, 9.17) is 21.1 Å². The van der Waals surface area contributed by atoms with Crippen LogP contribution in [-0.4, -0.2) is 27.3 Å². The summed E-state index contributed by atoms with van der Waals surface area (Å²) in [5, 5.41) is 9.78. The number of benzene rings is 1. The molecule has 0 saturated heterocycles. The van der Waals surface area contributed by atoms with E-state index in [-0.39, 0.29) is 11.0 Å². The van der Waals surface area contributed by atoms with E-state index < -0.39 is 0 Å². The second-order valence-electron chi connectivity index (χ2n) is 7.90. The molecule has 0 atom stereocenters. The molecule has 2 saturated carbocycles. The molecule has 2 aliphatic rings. The quantitative estimate of drug-likeness (QED) is 0.630. The standard InChI is InChI=1S/C21H22ClN3O2/c1-14-15(22)5-3-6-16(14)27-17-7-4-12-25-18(17)23-24-19(25)20-8-10-21(13-20,26-2)11-9-20/h3-7,12H,8-11,13H2,1-2H3. The van der Waals surface area contributed by atoms with Gasteiger partial charge in [-0.25, -0.2) is 0 Å². The smallest absolute Gasteiger partial charge is 0.203 e. The van der Waals surface area contributed by atoms with E-state index >= 15 is 0 Å². The predicted octanol–water partition coefficient (Wildman–Crippen LogP) is 5.08. The summed E-state index contributed by atoms with van der Waals surface area (Å²) in [6.45, 7) is 1.95. The Morgan fingerprint density at radius 2 is 1.81 bits per heavy atom. The lowest BCUT2D eigenvalue weighted by Crippen LogP contribution is -2.24. The molecule has 0 N–H and O–H groups in total. The van der Waals surface area contributed by atoms with Crippen LogP contribution in [0.3, 0.4) is 0 Å². The summed E-state index contributed by atoms with van der Waals surface area (Å²) < 4.78 is 14.1. The average Bonchev–Trinajstić information content (AvgIpc) is 3.38. The Morgan fingerprint density at radius 3 is 2.56 bits per heavy atom. The molecule has 2 fully saturated rings. The van der Waals surface area contributed by atoms with Crippen LogP contribution >= 0.6 is 11.6 Å². The van der Waals surface area contributed by atoms with Gasteiger partial charge in [-0.3, -0.25) is 4.40 Å². The molecule has 5 nitrogen and oxygen atoms in total. The molecule has 0 unspecified atom stereocenters. The molecule has 0 spiro atoms. The van der Waals surface area contributed by atoms with Gasteiger partial charge in [-0.05, 0) is 63.3 Å². The first-order valence-electron chi connectivity index (χ1n) is 9.38. The number of ether oxygens (including phenoxy) is 2. The predicted molar refractivity (Wildman–Crippen MR) is 104 cm³/mol. The summed E-state index contributed by atoms with van der Waals surface area (Å²) in [4.78, 5) is 0. The van der Waals surface area contributed by atoms with Gasteiger partial charge in [-0.15, -0.1) is 10.2 Å². The largest absolute Gasteiger partial charge is 0.453 e. The minimum Gasteiger partial charge on any atom is -0.453 e. The number of pyridine rings is 1. The van der Waals surface area contributed by atoms with Crippen LogP contribution in [0.2, 0.25) is 5.02 Å². The van der Waals surface area contributed by atoms with Crippen molar-refractivity contribution in [3.8, 4) is 11.5 Å². The third kappa shape index (κ3) is 2.48. The average molecular weight is 384 g/mol. The maximum atomic E-state index is 6.23. The van der Waals surface area contributed by atoms with E-state index in [1.165, 1.54) is 0 Å². The Bertz CT molecular complexity index is 1020. The molecule has 2 heterocycles. The van der Waals surface area contributed by atoms with Crippen LogP contribution in [0.5, 0.6) is 11.5 Å². The fourth-order valence-electron chi connectivity index (χ4n) is 4.88. The lowest BCUT2D eigenvalue weighted by atomic mass is 9.83. The van der Waals surface area contributed by atoms with E-state index in [2.05, 4.69) is 14.6 Å². The summed E-state index contributed by atoms with van der Waals surface area (Å²) in [6, 6.07) is 9.58. The first-order valence-corrected chi connectivity index (χ1v) is 9.76. The second-order valence-corrected chi connectivity index (χ2v) is 8.31. The van der Waals surface area contributed by atoms with Crippen molar-refractivity contribution in [2.24, 2.45) is 0 Å². The van der Waals surface area contributed by atoms with Gasteiger partial charge in [0.2, 0.25) is 5.65 Å². The fraction of sp³-hybridized carbons (Fsp3) is 0.429. The highest BCUT2D eigenvalue weighted by molar-refractivity contribution is 6.31. The van der Waals surface area contributed by atoms with Crippen molar-refractivity contribution in [2.45, 2.75) is 50.0 Å². The minimum absolute atomic E-state index is 0.0256. The molecule has 0 radical (unpaired) electrons. The van der Waals surface area contributed by atoms with E-state index in [1.807, 2.05) is 50.6 Å². The van der Waals surface area contributed by atoms with E-state index in [1.54, 1.807) is 0 Å². The molecule has 2 aromatic heterocycles. The lowest BCUT2D eigenvalue weighted by Gasteiger charge is -2.25. The molecule has 2 bridgehead atoms. The molecule has 5 rings (SSSR count). The van der Waals surface area contributed by atoms with Crippen LogP contribution in [0, 0.1) is 6.92 Å². The van der Waals surface area contributed by atoms with Gasteiger partial charge in [0.05, 0.1) is 5.60 Å². The number of hydrogen-bond acceptors (Lipinski definition) is 4. The number of fused-ring (bicyclic) bond motifs is 3. The van der Waals surface area contributed by atoms with E-state index in [9.17, 15) is 0 Å². The van der Waals surface area contributed by atoms with Gasteiger partial charge >= 0.3 is 0 Å². The van der Waals surface area contributed by atoms with Gasteiger partial charge in [-0.1, -0.05) is 17.7 Å². The van der Waals surface area contributed by atoms with Crippen molar-refractivity contribution in [3.63, 3.8) is 0 Å². The van der Waals surface area contributed by atoms with Crippen LogP contribution in [0.15, 0.2) is 36.5 Å². The van der Waals surface area contributed by atoms with Gasteiger partial charge < -0.3 is 9.47 Å². The van der Waals surface area contributed by atoms with Gasteiger partial charge in [0.15, 0.2) is 5.75 Å². The van der Waals surface area contributed by atoms with Gasteiger partial charge in [0, 0.05) is 29.3 Å². The normalized spacial score (nSPS) is 26.8. The van der Waals surface area contributed by atoms with Crippen LogP contribution in [0.4, 0.5) is 0 Å². The molecular formula is C21H22ClN3O2. The van der Waals surface area contributed by atoms with Crippen molar-refractivity contribution >= 4 is 17.2 Å². The maximum absolute atomic E-state index is 6.23. The van der Waals surface area contributed by atoms with Crippen LogP contribution in [-0.2, 0) is 10.2 Å². The van der Waals surface area contributed by atoms with Crippen molar-refractivity contribution in [1.82, 2.24) is 14.6 Å². The lowest BCUT2D eigenvalue weighted by molar-refractivity contribution is -0.000309. The number of halogens is 1. The number of rotatable bonds is 4. The molecule has 27 heavy (non-hydrogen) atoms. The SMILES string of the molecule is COC12CCC(c3nnc4c(Oc5cccc(Cl)c5C)cccn34)(CC1)C2. The highest BCUT2D eigenvalue weighted by Gasteiger charge is 2.57. The highest BCUT2D eigenvalue weighted by Crippen LogP contribution is 2.58. The zero-order valence-electron chi connectivity index (χ0n) is 15.5. The molecule has 2 aliphatic carbocycles. The molecule has 3 aromatic rings. The monoisotopic (exact) mass is 383 g/mol. The number of hydrogen-bond donors (Lipinski definition) is 0. The molecule has 0 amide bonds. The van der Waals surface area contributed by atoms with Crippen LogP contribution in [0.25, 0.3) is 5.65 Å². The Kier molecular flexibility index (Phi) is 3.75. The van der Waals surface area contributed by atoms with Crippen molar-refractivity contribution in [3.05, 3.63) is 52.9 Å². The molecule has 1 aromatic carbocycles. The number of aromatic nitrogens is 3. The van der Waals surface area contributed by atoms with Gasteiger partial charge in [-0.2, -0.15) is 0 Å². The maximum Gasteiger partial charge on any atom is 0.203 e. The van der Waals surface area contributed by atoms with Crippen molar-refractivity contribution in [1.29, 1.82) is 0 Å². The van der Waals surface area contributed by atoms with Gasteiger partial charge in [0.1, 0.15) is 11.6 Å². The number of nitrogens with zero attached hydrogens (tertiary/aromatic N) is 3. The highest BCUT2D eigenvalue weighted by atomic mass is 35.5. The fourth-order valence-corrected chi connectivity index (χ4v) is 5.05. The Hall–Kier alpha value is -2.11. The summed E-state index contributed by atoms with van der Waals surface area (Å²) in [5.74, 6) is 2.45. The second kappa shape index (κ2) is 5.94. The summed E-state index contributed by atoms with van der Waals surface area (Å²) >= 11 is 6.23. The van der Waals surface area contributed by atoms with E-state index in [0.29, 0.717) is 10.8 Å². The minimum atomic E-state index is 0.0256. The number of methoxy groups -OCH3 is 1. The van der Waals surface area contributed by atoms with Crippen molar-refractivity contribution in [2.75, 3.05) is 7.11 Å². The Balaban J connectivity index is 1.56. The zero-order chi connectivity index (χ0) is 18.6. The topological polar surface area (TPSA) is 48.7 Å². The Labute approximate surface area is 163 Å². The van der Waals surface area contributed by atoms with Gasteiger partial charge in [0.25, 0.3) is 0 Å². The summed E-state index contributed by atoms with van der Waals surface area (Å²) in [5.41, 5.74) is 1.73. The third-order valence-electron chi connectivity index (χ3n) is 6.52. The molecule has 0 aliphatic heterocycles. The zero-order valence-corrected chi connectivity index (χ0v) is 16.3. The first-order chi connectivity index (χ1) is 13.1. The Morgan fingerprint density at radius 1 is 1.04 bits per heavy atom. The van der Waals surface area contributed by atoms with Crippen LogP contribution in [0.1, 0.15) is 43.5 Å². The molecule has 140 valence electrons. The summed E-state index contributed by atoms with van der Waals surface area (Å²) in [7, 11) is 1.84. The first kappa shape index (κ1) is 17.0. The third-order valence-corrected chi connectivity index (χ3v) is 6.93. The van der Waals surface area contributed by atoms with Crippen LogP contribution < -0.4 is 4.74 Å². The summed E-state index contributed by atoms with van der Waals surface area (Å²) in [6.07, 6.45) is 7.44. The molecule has 6 heteroatoms.